The lowest BCUT2D eigenvalue weighted by molar-refractivity contribution is -0.0597. The Kier molecular flexibility index (Phi) is 3.07. The molecule has 116 valence electrons. The number of ether oxygens (including phenoxy) is 1. The van der Waals surface area contributed by atoms with Crippen molar-refractivity contribution >= 4 is 0 Å². The fourth-order valence-electron chi connectivity index (χ4n) is 2.68. The van der Waals surface area contributed by atoms with Crippen LogP contribution < -0.4 is 4.74 Å². The maximum Gasteiger partial charge on any atom is 0.157 e. The van der Waals surface area contributed by atoms with Crippen molar-refractivity contribution in [1.82, 2.24) is 0 Å². The Labute approximate surface area is 126 Å². The highest BCUT2D eigenvalue weighted by molar-refractivity contribution is 5.53. The van der Waals surface area contributed by atoms with E-state index in [1.54, 1.807) is 6.92 Å². The number of benzene rings is 2. The van der Waals surface area contributed by atoms with Gasteiger partial charge < -0.3 is 30.3 Å². The molecule has 6 heteroatoms. The molecule has 1 aliphatic rings. The van der Waals surface area contributed by atoms with Crippen LogP contribution in [-0.4, -0.2) is 31.6 Å². The summed E-state index contributed by atoms with van der Waals surface area (Å²) in [6.45, 7) is 1.63. The number of phenolic OH excluding ortho intramolecular Hbond substituents is 4. The minimum Gasteiger partial charge on any atom is -0.508 e. The summed E-state index contributed by atoms with van der Waals surface area (Å²) < 4.78 is 5.81. The molecule has 6 nitrogen and oxygen atoms in total. The van der Waals surface area contributed by atoms with Crippen molar-refractivity contribution in [1.29, 1.82) is 0 Å². The topological polar surface area (TPSA) is 110 Å². The van der Waals surface area contributed by atoms with Crippen LogP contribution in [0.1, 0.15) is 18.1 Å². The van der Waals surface area contributed by atoms with Crippen LogP contribution in [0.25, 0.3) is 0 Å². The molecule has 0 aromatic heterocycles. The summed E-state index contributed by atoms with van der Waals surface area (Å²) in [6, 6.07) is 6.70. The first-order valence-electron chi connectivity index (χ1n) is 6.75. The highest BCUT2D eigenvalue weighted by Gasteiger charge is 2.43. The molecule has 0 saturated carbocycles. The molecule has 3 rings (SSSR count). The Morgan fingerprint density at radius 1 is 1.00 bits per heavy atom. The standard InChI is InChI=1S/C16H16O6/c1-16(8-2-3-11(18)13(20)4-8)15(21)7-10-12(19)5-9(17)6-14(10)22-16/h2-6,15,17-21H,7H2,1H3. The molecule has 0 saturated heterocycles. The van der Waals surface area contributed by atoms with Crippen molar-refractivity contribution in [3.05, 3.63) is 41.5 Å². The summed E-state index contributed by atoms with van der Waals surface area (Å²) in [5, 5.41) is 48.9. The summed E-state index contributed by atoms with van der Waals surface area (Å²) in [7, 11) is 0. The van der Waals surface area contributed by atoms with E-state index in [-0.39, 0.29) is 35.2 Å². The normalized spacial score (nSPS) is 23.6. The van der Waals surface area contributed by atoms with Crippen LogP contribution in [0.4, 0.5) is 0 Å². The maximum atomic E-state index is 10.4. The van der Waals surface area contributed by atoms with Crippen LogP contribution in [0, 0.1) is 0 Å². The lowest BCUT2D eigenvalue weighted by atomic mass is 9.83. The van der Waals surface area contributed by atoms with Gasteiger partial charge in [0.25, 0.3) is 0 Å². The van der Waals surface area contributed by atoms with Gasteiger partial charge in [-0.3, -0.25) is 0 Å². The van der Waals surface area contributed by atoms with Crippen LogP contribution >= 0.6 is 0 Å². The first kappa shape index (κ1) is 14.3. The molecular weight excluding hydrogens is 288 g/mol. The Morgan fingerprint density at radius 3 is 2.41 bits per heavy atom. The summed E-state index contributed by atoms with van der Waals surface area (Å²) >= 11 is 0. The molecule has 0 amide bonds. The second kappa shape index (κ2) is 4.71. The molecule has 0 spiro atoms. The number of aliphatic hydroxyl groups is 1. The van der Waals surface area contributed by atoms with Crippen LogP contribution in [-0.2, 0) is 12.0 Å². The number of fused-ring (bicyclic) bond motifs is 1. The zero-order chi connectivity index (χ0) is 16.1. The number of aromatic hydroxyl groups is 4. The molecule has 1 heterocycles. The number of rotatable bonds is 1. The van der Waals surface area contributed by atoms with E-state index in [9.17, 15) is 25.5 Å². The fourth-order valence-corrected chi connectivity index (χ4v) is 2.68. The number of hydrogen-bond donors (Lipinski definition) is 5. The van der Waals surface area contributed by atoms with E-state index in [0.29, 0.717) is 11.1 Å². The van der Waals surface area contributed by atoms with Crippen molar-refractivity contribution < 1.29 is 30.3 Å². The second-order valence-corrected chi connectivity index (χ2v) is 5.57. The lowest BCUT2D eigenvalue weighted by Gasteiger charge is -2.40. The largest absolute Gasteiger partial charge is 0.508 e. The first-order valence-corrected chi connectivity index (χ1v) is 6.75. The van der Waals surface area contributed by atoms with Gasteiger partial charge in [-0.25, -0.2) is 0 Å². The molecule has 2 aromatic rings. The zero-order valence-electron chi connectivity index (χ0n) is 11.8. The minimum atomic E-state index is -1.20. The molecule has 22 heavy (non-hydrogen) atoms. The molecule has 0 bridgehead atoms. The number of aliphatic hydroxyl groups excluding tert-OH is 1. The van der Waals surface area contributed by atoms with E-state index < -0.39 is 11.7 Å². The van der Waals surface area contributed by atoms with Gasteiger partial charge in [0.1, 0.15) is 23.4 Å². The predicted octanol–water partition coefficient (Wildman–Crippen LogP) is 1.72. The quantitative estimate of drug-likeness (QED) is 0.513. The molecule has 2 aromatic carbocycles. The Balaban J connectivity index is 2.09. The Hall–Kier alpha value is -2.60. The third-order valence-electron chi connectivity index (χ3n) is 4.07. The minimum absolute atomic E-state index is 0.125. The van der Waals surface area contributed by atoms with Gasteiger partial charge >= 0.3 is 0 Å². The zero-order valence-corrected chi connectivity index (χ0v) is 11.8. The van der Waals surface area contributed by atoms with Crippen LogP contribution in [0.3, 0.4) is 0 Å². The van der Waals surface area contributed by atoms with Gasteiger partial charge in [-0.1, -0.05) is 6.07 Å². The summed E-state index contributed by atoms with van der Waals surface area (Å²) in [5.74, 6) is -0.626. The molecule has 0 fully saturated rings. The van der Waals surface area contributed by atoms with E-state index >= 15 is 0 Å². The molecule has 1 aliphatic heterocycles. The third-order valence-corrected chi connectivity index (χ3v) is 4.07. The molecule has 2 unspecified atom stereocenters. The van der Waals surface area contributed by atoms with E-state index in [4.69, 9.17) is 4.74 Å². The second-order valence-electron chi connectivity index (χ2n) is 5.57. The van der Waals surface area contributed by atoms with E-state index in [1.807, 2.05) is 0 Å². The maximum absolute atomic E-state index is 10.4. The van der Waals surface area contributed by atoms with Gasteiger partial charge in [0, 0.05) is 29.7 Å². The lowest BCUT2D eigenvalue weighted by Crippen LogP contribution is -2.46. The first-order chi connectivity index (χ1) is 10.3. The molecule has 2 atom stereocenters. The predicted molar refractivity (Wildman–Crippen MR) is 77.2 cm³/mol. The summed E-state index contributed by atoms with van der Waals surface area (Å²) in [4.78, 5) is 0. The van der Waals surface area contributed by atoms with Gasteiger partial charge in [0.15, 0.2) is 17.1 Å². The van der Waals surface area contributed by atoms with Crippen molar-refractivity contribution in [2.75, 3.05) is 0 Å². The molecular formula is C16H16O6. The Morgan fingerprint density at radius 2 is 1.73 bits per heavy atom. The third kappa shape index (κ3) is 2.08. The summed E-state index contributed by atoms with van der Waals surface area (Å²) in [6.07, 6.45) is -0.862. The Bertz CT molecular complexity index is 742. The monoisotopic (exact) mass is 304 g/mol. The SMILES string of the molecule is CC1(c2ccc(O)c(O)c2)Oc2cc(O)cc(O)c2CC1O. The van der Waals surface area contributed by atoms with Crippen molar-refractivity contribution in [2.45, 2.75) is 25.0 Å². The van der Waals surface area contributed by atoms with Crippen molar-refractivity contribution in [3.8, 4) is 28.7 Å². The summed E-state index contributed by atoms with van der Waals surface area (Å²) in [5.41, 5.74) is -0.326. The number of hydrogen-bond acceptors (Lipinski definition) is 6. The van der Waals surface area contributed by atoms with Crippen LogP contribution in [0.15, 0.2) is 30.3 Å². The average Bonchev–Trinajstić information content (AvgIpc) is 2.44. The van der Waals surface area contributed by atoms with E-state index in [0.717, 1.165) is 0 Å². The molecule has 0 radical (unpaired) electrons. The highest BCUT2D eigenvalue weighted by Crippen LogP contribution is 2.45. The highest BCUT2D eigenvalue weighted by atomic mass is 16.5. The van der Waals surface area contributed by atoms with Crippen LogP contribution in [0.2, 0.25) is 0 Å². The number of phenols is 4. The van der Waals surface area contributed by atoms with Gasteiger partial charge in [-0.05, 0) is 19.1 Å². The van der Waals surface area contributed by atoms with Crippen LogP contribution in [0.5, 0.6) is 28.7 Å². The van der Waals surface area contributed by atoms with Crippen molar-refractivity contribution in [3.63, 3.8) is 0 Å². The smallest absolute Gasteiger partial charge is 0.157 e. The van der Waals surface area contributed by atoms with E-state index in [1.165, 1.54) is 30.3 Å². The average molecular weight is 304 g/mol. The van der Waals surface area contributed by atoms with Crippen molar-refractivity contribution in [2.24, 2.45) is 0 Å². The van der Waals surface area contributed by atoms with Gasteiger partial charge in [-0.15, -0.1) is 0 Å². The van der Waals surface area contributed by atoms with Gasteiger partial charge in [-0.2, -0.15) is 0 Å². The van der Waals surface area contributed by atoms with Gasteiger partial charge in [0.2, 0.25) is 0 Å². The molecule has 5 N–H and O–H groups in total. The fraction of sp³-hybridized carbons (Fsp3) is 0.250. The van der Waals surface area contributed by atoms with E-state index in [2.05, 4.69) is 0 Å². The van der Waals surface area contributed by atoms with Gasteiger partial charge in [0.05, 0.1) is 0 Å². The molecule has 0 aliphatic carbocycles.